The van der Waals surface area contributed by atoms with Gasteiger partial charge in [0.1, 0.15) is 0 Å². The van der Waals surface area contributed by atoms with Crippen molar-refractivity contribution < 1.29 is 13.2 Å². The van der Waals surface area contributed by atoms with Gasteiger partial charge in [-0.1, -0.05) is 18.2 Å². The molecule has 0 amide bonds. The lowest BCUT2D eigenvalue weighted by atomic mass is 10.2. The van der Waals surface area contributed by atoms with E-state index in [9.17, 15) is 13.2 Å². The predicted octanol–water partition coefficient (Wildman–Crippen LogP) is -0.349. The first kappa shape index (κ1) is 9.85. The third-order valence-electron chi connectivity index (χ3n) is 1.49. The second-order valence-electron chi connectivity index (χ2n) is 2.28. The number of hydrazine groups is 1. The predicted molar refractivity (Wildman–Crippen MR) is 46.3 cm³/mol. The van der Waals surface area contributed by atoms with E-state index < -0.39 is 10.0 Å². The molecule has 0 saturated carbocycles. The Balaban J connectivity index is 3.37. The minimum atomic E-state index is -3.74. The summed E-state index contributed by atoms with van der Waals surface area (Å²) in [6, 6.07) is 5.78. The first-order valence-corrected chi connectivity index (χ1v) is 4.87. The summed E-state index contributed by atoms with van der Waals surface area (Å²) in [5, 5.41) is 0. The van der Waals surface area contributed by atoms with Crippen LogP contribution in [0.25, 0.3) is 0 Å². The Morgan fingerprint density at radius 1 is 1.31 bits per heavy atom. The number of aldehydes is 1. The van der Waals surface area contributed by atoms with Gasteiger partial charge in [0.25, 0.3) is 10.0 Å². The number of nitrogens with two attached hydrogens (primary N) is 1. The number of carbonyl (C=O) groups excluding carboxylic acids is 1. The molecule has 1 aromatic rings. The minimum Gasteiger partial charge on any atom is -0.298 e. The van der Waals surface area contributed by atoms with Crippen LogP contribution in [0.2, 0.25) is 0 Å². The third kappa shape index (κ3) is 1.92. The average Bonchev–Trinajstić information content (AvgIpc) is 2.18. The molecule has 70 valence electrons. The Hall–Kier alpha value is -1.24. The molecular weight excluding hydrogens is 192 g/mol. The Bertz CT molecular complexity index is 414. The van der Waals surface area contributed by atoms with Crippen molar-refractivity contribution in [2.24, 2.45) is 5.84 Å². The topological polar surface area (TPSA) is 89.3 Å². The van der Waals surface area contributed by atoms with Gasteiger partial charge in [-0.05, 0) is 6.07 Å². The maximum absolute atomic E-state index is 11.2. The van der Waals surface area contributed by atoms with E-state index in [0.717, 1.165) is 0 Å². The average molecular weight is 200 g/mol. The largest absolute Gasteiger partial charge is 0.298 e. The normalized spacial score (nSPS) is 11.2. The summed E-state index contributed by atoms with van der Waals surface area (Å²) in [5.74, 6) is 4.81. The van der Waals surface area contributed by atoms with Crippen LogP contribution in [-0.2, 0) is 10.0 Å². The van der Waals surface area contributed by atoms with Gasteiger partial charge < -0.3 is 0 Å². The summed E-state index contributed by atoms with van der Waals surface area (Å²) in [6.45, 7) is 0. The van der Waals surface area contributed by atoms with Crippen LogP contribution >= 0.6 is 0 Å². The second-order valence-corrected chi connectivity index (χ2v) is 3.96. The van der Waals surface area contributed by atoms with Gasteiger partial charge in [0.15, 0.2) is 6.29 Å². The first-order chi connectivity index (χ1) is 6.11. The van der Waals surface area contributed by atoms with Crippen molar-refractivity contribution >= 4 is 16.3 Å². The summed E-state index contributed by atoms with van der Waals surface area (Å²) in [4.78, 5) is 12.0. The summed E-state index contributed by atoms with van der Waals surface area (Å²) < 4.78 is 22.4. The molecular formula is C7H8N2O3S. The standard InChI is InChI=1S/C7H8N2O3S/c8-9-13(11,12)7-4-2-1-3-6(7)5-10/h1-5,9H,8H2. The van der Waals surface area contributed by atoms with Crippen molar-refractivity contribution in [3.8, 4) is 0 Å². The Labute approximate surface area is 75.6 Å². The van der Waals surface area contributed by atoms with Gasteiger partial charge in [0.2, 0.25) is 0 Å². The van der Waals surface area contributed by atoms with E-state index in [0.29, 0.717) is 6.29 Å². The van der Waals surface area contributed by atoms with E-state index in [-0.39, 0.29) is 10.5 Å². The molecule has 0 bridgehead atoms. The van der Waals surface area contributed by atoms with Gasteiger partial charge in [-0.15, -0.1) is 0 Å². The molecule has 0 saturated heterocycles. The van der Waals surface area contributed by atoms with Gasteiger partial charge in [-0.25, -0.2) is 8.42 Å². The second kappa shape index (κ2) is 3.65. The van der Waals surface area contributed by atoms with Crippen LogP contribution in [0.15, 0.2) is 29.2 Å². The number of nitrogens with one attached hydrogen (secondary N) is 1. The van der Waals surface area contributed by atoms with E-state index in [1.54, 1.807) is 10.9 Å². The van der Waals surface area contributed by atoms with Crippen molar-refractivity contribution in [1.29, 1.82) is 0 Å². The molecule has 0 unspecified atom stereocenters. The van der Waals surface area contributed by atoms with Crippen molar-refractivity contribution in [2.45, 2.75) is 4.90 Å². The van der Waals surface area contributed by atoms with Crippen LogP contribution in [0.3, 0.4) is 0 Å². The molecule has 0 aliphatic rings. The summed E-state index contributed by atoms with van der Waals surface area (Å²) in [6.07, 6.45) is 0.463. The molecule has 1 rings (SSSR count). The van der Waals surface area contributed by atoms with Crippen molar-refractivity contribution in [2.75, 3.05) is 0 Å². The van der Waals surface area contributed by atoms with Gasteiger partial charge in [0.05, 0.1) is 4.90 Å². The summed E-state index contributed by atoms with van der Waals surface area (Å²) in [5.41, 5.74) is 0.0838. The summed E-state index contributed by atoms with van der Waals surface area (Å²) in [7, 11) is -3.74. The van der Waals surface area contributed by atoms with Gasteiger partial charge in [0, 0.05) is 5.56 Å². The van der Waals surface area contributed by atoms with Crippen LogP contribution in [0.4, 0.5) is 0 Å². The maximum atomic E-state index is 11.2. The molecule has 6 heteroatoms. The lowest BCUT2D eigenvalue weighted by Gasteiger charge is -2.03. The molecule has 0 spiro atoms. The zero-order valence-corrected chi connectivity index (χ0v) is 7.41. The molecule has 0 fully saturated rings. The molecule has 0 aliphatic carbocycles. The molecule has 1 aromatic carbocycles. The highest BCUT2D eigenvalue weighted by Gasteiger charge is 2.15. The highest BCUT2D eigenvalue weighted by molar-refractivity contribution is 7.89. The Morgan fingerprint density at radius 3 is 2.46 bits per heavy atom. The van der Waals surface area contributed by atoms with E-state index in [2.05, 4.69) is 0 Å². The van der Waals surface area contributed by atoms with Crippen LogP contribution in [0.1, 0.15) is 10.4 Å². The minimum absolute atomic E-state index is 0.0838. The van der Waals surface area contributed by atoms with Crippen LogP contribution in [0.5, 0.6) is 0 Å². The fraction of sp³-hybridized carbons (Fsp3) is 0. The van der Waals surface area contributed by atoms with Crippen molar-refractivity contribution in [3.63, 3.8) is 0 Å². The Kier molecular flexibility index (Phi) is 2.76. The van der Waals surface area contributed by atoms with E-state index in [1.807, 2.05) is 0 Å². The molecule has 0 heterocycles. The fourth-order valence-corrected chi connectivity index (χ4v) is 1.70. The number of hydrogen-bond donors (Lipinski definition) is 2. The molecule has 5 nitrogen and oxygen atoms in total. The molecule has 3 N–H and O–H groups in total. The van der Waals surface area contributed by atoms with Crippen LogP contribution < -0.4 is 10.7 Å². The quantitative estimate of drug-likeness (QED) is 0.396. The number of hydrogen-bond acceptors (Lipinski definition) is 4. The fourth-order valence-electron chi connectivity index (χ4n) is 0.886. The highest BCUT2D eigenvalue weighted by atomic mass is 32.2. The summed E-state index contributed by atoms with van der Waals surface area (Å²) >= 11 is 0. The van der Waals surface area contributed by atoms with E-state index in [4.69, 9.17) is 5.84 Å². The molecule has 0 atom stereocenters. The number of carbonyl (C=O) groups is 1. The number of sulfonamides is 1. The van der Waals surface area contributed by atoms with E-state index in [1.165, 1.54) is 18.2 Å². The zero-order valence-electron chi connectivity index (χ0n) is 6.60. The first-order valence-electron chi connectivity index (χ1n) is 3.38. The smallest absolute Gasteiger partial charge is 0.253 e. The lowest BCUT2D eigenvalue weighted by molar-refractivity contribution is 0.112. The van der Waals surface area contributed by atoms with Crippen molar-refractivity contribution in [1.82, 2.24) is 4.83 Å². The van der Waals surface area contributed by atoms with E-state index >= 15 is 0 Å². The number of benzene rings is 1. The van der Waals surface area contributed by atoms with Gasteiger partial charge in [-0.2, -0.15) is 4.83 Å². The molecule has 13 heavy (non-hydrogen) atoms. The lowest BCUT2D eigenvalue weighted by Crippen LogP contribution is -2.30. The highest BCUT2D eigenvalue weighted by Crippen LogP contribution is 2.11. The van der Waals surface area contributed by atoms with Crippen molar-refractivity contribution in [3.05, 3.63) is 29.8 Å². The van der Waals surface area contributed by atoms with Crippen LogP contribution in [0, 0.1) is 0 Å². The molecule has 0 aliphatic heterocycles. The maximum Gasteiger partial charge on any atom is 0.253 e. The molecule has 0 radical (unpaired) electrons. The number of rotatable bonds is 3. The van der Waals surface area contributed by atoms with Gasteiger partial charge in [-0.3, -0.25) is 10.6 Å². The zero-order chi connectivity index (χ0) is 9.90. The Morgan fingerprint density at radius 2 is 1.92 bits per heavy atom. The SMILES string of the molecule is NNS(=O)(=O)c1ccccc1C=O. The molecule has 0 aromatic heterocycles. The van der Waals surface area contributed by atoms with Gasteiger partial charge >= 0.3 is 0 Å². The monoisotopic (exact) mass is 200 g/mol. The van der Waals surface area contributed by atoms with Crippen LogP contribution in [-0.4, -0.2) is 14.7 Å². The third-order valence-corrected chi connectivity index (χ3v) is 2.75.